The molecule has 168 valence electrons. The van der Waals surface area contributed by atoms with E-state index in [4.69, 9.17) is 4.74 Å². The Hall–Kier alpha value is -2.51. The van der Waals surface area contributed by atoms with Gasteiger partial charge in [-0.15, -0.1) is 0 Å². The van der Waals surface area contributed by atoms with Crippen LogP contribution in [0.4, 0.5) is 5.69 Å². The first-order valence-electron chi connectivity index (χ1n) is 11.0. The first kappa shape index (κ1) is 23.6. The van der Waals surface area contributed by atoms with Crippen molar-refractivity contribution in [1.82, 2.24) is 0 Å². The van der Waals surface area contributed by atoms with Crippen LogP contribution >= 0.6 is 11.8 Å². The fourth-order valence-electron chi connectivity index (χ4n) is 4.50. The largest absolute Gasteiger partial charge is 1.00 e. The fraction of sp³-hybridized carbons (Fsp3) is 0.179. The maximum Gasteiger partial charge on any atom is 0.211 e. The molecule has 0 radical (unpaired) electrons. The highest BCUT2D eigenvalue weighted by Gasteiger charge is 2.24. The van der Waals surface area contributed by atoms with Crippen LogP contribution in [0.15, 0.2) is 82.7 Å². The van der Waals surface area contributed by atoms with Gasteiger partial charge >= 0.3 is 0 Å². The van der Waals surface area contributed by atoms with Crippen LogP contribution in [0.5, 0.6) is 5.75 Å². The van der Waals surface area contributed by atoms with E-state index in [1.165, 1.54) is 43.3 Å². The molecular formula is C28H27IN2OS. The minimum absolute atomic E-state index is 0. The Balaban J connectivity index is 0.00000259. The van der Waals surface area contributed by atoms with Gasteiger partial charge < -0.3 is 33.6 Å². The molecule has 0 amide bonds. The molecule has 3 aromatic carbocycles. The summed E-state index contributed by atoms with van der Waals surface area (Å²) in [5, 5.41) is 3.83. The van der Waals surface area contributed by atoms with E-state index in [1.807, 2.05) is 30.8 Å². The summed E-state index contributed by atoms with van der Waals surface area (Å²) >= 11 is 1.84. The Kier molecular flexibility index (Phi) is 7.00. The minimum Gasteiger partial charge on any atom is -1.00 e. The van der Waals surface area contributed by atoms with Gasteiger partial charge in [-0.2, -0.15) is 4.57 Å². The van der Waals surface area contributed by atoms with Crippen molar-refractivity contribution in [3.63, 3.8) is 0 Å². The molecule has 0 spiro atoms. The number of rotatable bonds is 4. The number of nitrogens with zero attached hydrogens (tertiary/aromatic N) is 2. The van der Waals surface area contributed by atoms with Crippen LogP contribution in [-0.4, -0.2) is 13.7 Å². The number of hydrogen-bond acceptors (Lipinski definition) is 3. The Labute approximate surface area is 217 Å². The van der Waals surface area contributed by atoms with E-state index in [0.717, 1.165) is 11.4 Å². The monoisotopic (exact) mass is 566 g/mol. The van der Waals surface area contributed by atoms with Crippen molar-refractivity contribution < 1.29 is 33.3 Å². The third kappa shape index (κ3) is 4.49. The van der Waals surface area contributed by atoms with Crippen molar-refractivity contribution in [1.29, 1.82) is 0 Å². The summed E-state index contributed by atoms with van der Waals surface area (Å²) in [7, 11) is 2.17. The Morgan fingerprint density at radius 2 is 1.64 bits per heavy atom. The molecule has 0 bridgehead atoms. The van der Waals surface area contributed by atoms with Gasteiger partial charge in [0.1, 0.15) is 5.75 Å². The molecule has 0 unspecified atom stereocenters. The highest BCUT2D eigenvalue weighted by Crippen LogP contribution is 2.49. The second kappa shape index (κ2) is 9.77. The standard InChI is InChI=1S/C28H27N2OS.HI/c1-5-31-24-13-11-23(12-14-24)30-19(2)16-21(17-20(30)3)18-27-29(4)28-25-9-7-6-8-22(25)10-15-26(28)32-27;/h6-18H,5H2,1-4H3;1H/q+1;/p-1. The molecule has 5 rings (SSSR count). The van der Waals surface area contributed by atoms with E-state index in [0.29, 0.717) is 6.61 Å². The molecule has 33 heavy (non-hydrogen) atoms. The van der Waals surface area contributed by atoms with Gasteiger partial charge in [-0.25, -0.2) is 0 Å². The molecular weight excluding hydrogens is 539 g/mol. The average Bonchev–Trinajstić information content (AvgIpc) is 3.10. The van der Waals surface area contributed by atoms with E-state index < -0.39 is 0 Å². The zero-order chi connectivity index (χ0) is 22.2. The van der Waals surface area contributed by atoms with Crippen molar-refractivity contribution in [3.05, 3.63) is 94.8 Å². The lowest BCUT2D eigenvalue weighted by Gasteiger charge is -2.16. The predicted molar refractivity (Wildman–Crippen MR) is 135 cm³/mol. The maximum atomic E-state index is 5.59. The first-order valence-corrected chi connectivity index (χ1v) is 11.8. The lowest BCUT2D eigenvalue weighted by atomic mass is 10.1. The number of fused-ring (bicyclic) bond motifs is 3. The number of hydrogen-bond donors (Lipinski definition) is 0. The van der Waals surface area contributed by atoms with Crippen molar-refractivity contribution in [2.45, 2.75) is 25.7 Å². The van der Waals surface area contributed by atoms with Crippen molar-refractivity contribution in [3.8, 4) is 11.4 Å². The summed E-state index contributed by atoms with van der Waals surface area (Å²) < 4.78 is 7.87. The molecule has 0 N–H and O–H groups in total. The smallest absolute Gasteiger partial charge is 0.211 e. The summed E-state index contributed by atoms with van der Waals surface area (Å²) in [6.45, 7) is 7.02. The van der Waals surface area contributed by atoms with Crippen molar-refractivity contribution in [2.75, 3.05) is 18.6 Å². The third-order valence-corrected chi connectivity index (χ3v) is 7.05. The van der Waals surface area contributed by atoms with E-state index in [2.05, 4.69) is 97.1 Å². The summed E-state index contributed by atoms with van der Waals surface area (Å²) in [6.07, 6.45) is 2.29. The van der Waals surface area contributed by atoms with E-state index in [1.54, 1.807) is 0 Å². The molecule has 4 aromatic rings. The lowest BCUT2D eigenvalue weighted by Crippen LogP contribution is -3.00. The number of thioether (sulfide) groups is 1. The number of benzene rings is 3. The van der Waals surface area contributed by atoms with Gasteiger partial charge in [-0.1, -0.05) is 42.1 Å². The molecule has 3 nitrogen and oxygen atoms in total. The maximum absolute atomic E-state index is 5.59. The van der Waals surface area contributed by atoms with Crippen molar-refractivity contribution in [2.24, 2.45) is 0 Å². The highest BCUT2D eigenvalue weighted by molar-refractivity contribution is 8.04. The normalized spacial score (nSPS) is 13.8. The second-order valence-corrected chi connectivity index (χ2v) is 9.17. The Morgan fingerprint density at radius 3 is 2.33 bits per heavy atom. The minimum atomic E-state index is 0. The molecule has 1 aliphatic heterocycles. The Morgan fingerprint density at radius 1 is 0.939 bits per heavy atom. The fourth-order valence-corrected chi connectivity index (χ4v) is 5.63. The van der Waals surface area contributed by atoms with Crippen LogP contribution in [0, 0.1) is 13.8 Å². The number of halogens is 1. The number of anilines is 1. The van der Waals surface area contributed by atoms with Gasteiger partial charge in [0.05, 0.1) is 17.3 Å². The van der Waals surface area contributed by atoms with E-state index in [-0.39, 0.29) is 24.0 Å². The zero-order valence-electron chi connectivity index (χ0n) is 19.3. The summed E-state index contributed by atoms with van der Waals surface area (Å²) in [5.74, 6) is 0.905. The van der Waals surface area contributed by atoms with Crippen LogP contribution in [0.25, 0.3) is 22.5 Å². The van der Waals surface area contributed by atoms with Crippen LogP contribution in [0.2, 0.25) is 0 Å². The number of ether oxygens (including phenoxy) is 1. The van der Waals surface area contributed by atoms with Gasteiger partial charge in [-0.05, 0) is 42.1 Å². The SMILES string of the molecule is CCOc1ccc(-[n+]2c(C)cc(/C=C3\Sc4ccc5ccccc5c4N3C)cc2C)cc1.[I-]. The third-order valence-electron chi connectivity index (χ3n) is 5.90. The predicted octanol–water partition coefficient (Wildman–Crippen LogP) is 3.68. The van der Waals surface area contributed by atoms with E-state index >= 15 is 0 Å². The molecule has 1 aromatic heterocycles. The summed E-state index contributed by atoms with van der Waals surface area (Å²) in [5.41, 5.74) is 6.07. The Bertz CT molecular complexity index is 1330. The van der Waals surface area contributed by atoms with E-state index in [9.17, 15) is 0 Å². The molecule has 0 aliphatic carbocycles. The number of aromatic nitrogens is 1. The van der Waals surface area contributed by atoms with Gasteiger partial charge in [0, 0.05) is 55.4 Å². The van der Waals surface area contributed by atoms with Gasteiger partial charge in [0.15, 0.2) is 11.4 Å². The molecule has 0 saturated heterocycles. The van der Waals surface area contributed by atoms with Crippen LogP contribution in [0.1, 0.15) is 23.9 Å². The molecule has 1 aliphatic rings. The first-order chi connectivity index (χ1) is 15.5. The summed E-state index contributed by atoms with van der Waals surface area (Å²) in [6, 6.07) is 25.9. The van der Waals surface area contributed by atoms with Gasteiger partial charge in [0.2, 0.25) is 5.69 Å². The topological polar surface area (TPSA) is 16.4 Å². The van der Waals surface area contributed by atoms with Crippen molar-refractivity contribution >= 4 is 34.3 Å². The van der Waals surface area contributed by atoms with Crippen LogP contribution in [0.3, 0.4) is 0 Å². The number of aryl methyl sites for hydroxylation is 2. The second-order valence-electron chi connectivity index (χ2n) is 8.11. The average molecular weight is 567 g/mol. The zero-order valence-corrected chi connectivity index (χ0v) is 22.3. The van der Waals surface area contributed by atoms with Crippen LogP contribution in [-0.2, 0) is 0 Å². The van der Waals surface area contributed by atoms with Gasteiger partial charge in [-0.3, -0.25) is 0 Å². The number of pyridine rings is 1. The lowest BCUT2D eigenvalue weighted by molar-refractivity contribution is -0.609. The molecule has 0 atom stereocenters. The molecule has 0 saturated carbocycles. The molecule has 0 fully saturated rings. The van der Waals surface area contributed by atoms with Crippen LogP contribution < -0.4 is 38.2 Å². The molecule has 5 heteroatoms. The summed E-state index contributed by atoms with van der Waals surface area (Å²) in [4.78, 5) is 3.63. The highest BCUT2D eigenvalue weighted by atomic mass is 127. The van der Waals surface area contributed by atoms with Gasteiger partial charge in [0.25, 0.3) is 0 Å². The quantitative estimate of drug-likeness (QED) is 0.277. The molecule has 2 heterocycles.